The molecule has 98 valence electrons. The topological polar surface area (TPSA) is 81.9 Å². The van der Waals surface area contributed by atoms with Crippen LogP contribution in [-0.4, -0.2) is 21.1 Å². The van der Waals surface area contributed by atoms with Crippen LogP contribution in [0, 0.1) is 0 Å². The van der Waals surface area contributed by atoms with Gasteiger partial charge in [0.2, 0.25) is 0 Å². The van der Waals surface area contributed by atoms with Crippen LogP contribution in [0.4, 0.5) is 11.7 Å². The number of imidazole rings is 1. The van der Waals surface area contributed by atoms with E-state index in [0.717, 1.165) is 23.3 Å². The Hall–Kier alpha value is -2.50. The van der Waals surface area contributed by atoms with Gasteiger partial charge in [0, 0.05) is 38.1 Å². The van der Waals surface area contributed by atoms with E-state index in [4.69, 9.17) is 10.2 Å². The molecule has 0 saturated heterocycles. The van der Waals surface area contributed by atoms with E-state index < -0.39 is 0 Å². The number of oxazole rings is 1. The second kappa shape index (κ2) is 4.64. The van der Waals surface area contributed by atoms with E-state index in [-0.39, 0.29) is 0 Å². The molecule has 0 aliphatic rings. The molecule has 0 spiro atoms. The summed E-state index contributed by atoms with van der Waals surface area (Å²) in [5, 5.41) is 3.15. The molecule has 0 radical (unpaired) electrons. The lowest BCUT2D eigenvalue weighted by atomic mass is 10.3. The number of anilines is 2. The van der Waals surface area contributed by atoms with Gasteiger partial charge in [0.1, 0.15) is 11.3 Å². The summed E-state index contributed by atoms with van der Waals surface area (Å²) in [6, 6.07) is 5.92. The molecule has 0 saturated carbocycles. The SMILES string of the molecule is Cn1ccnc1CCNc1nc2cc(N)ccc2o1. The molecule has 0 aliphatic carbocycles. The molecule has 19 heavy (non-hydrogen) atoms. The predicted octanol–water partition coefficient (Wildman–Crippen LogP) is 1.80. The average molecular weight is 257 g/mol. The number of nitrogens with two attached hydrogens (primary N) is 1. The summed E-state index contributed by atoms with van der Waals surface area (Å²) in [6.45, 7) is 0.715. The average Bonchev–Trinajstić information content (AvgIpc) is 2.95. The number of rotatable bonds is 4. The van der Waals surface area contributed by atoms with Gasteiger partial charge in [0.15, 0.2) is 5.58 Å². The molecular weight excluding hydrogens is 242 g/mol. The van der Waals surface area contributed by atoms with Crippen molar-refractivity contribution in [2.24, 2.45) is 7.05 Å². The quantitative estimate of drug-likeness (QED) is 0.696. The molecule has 0 unspecified atom stereocenters. The monoisotopic (exact) mass is 257 g/mol. The van der Waals surface area contributed by atoms with Crippen molar-refractivity contribution in [1.29, 1.82) is 0 Å². The minimum atomic E-state index is 0.509. The van der Waals surface area contributed by atoms with Crippen LogP contribution in [0.2, 0.25) is 0 Å². The molecule has 3 N–H and O–H groups in total. The molecule has 0 atom stereocenters. The first-order valence-corrected chi connectivity index (χ1v) is 6.08. The summed E-state index contributed by atoms with van der Waals surface area (Å²) < 4.78 is 7.56. The third kappa shape index (κ3) is 2.37. The van der Waals surface area contributed by atoms with E-state index in [0.29, 0.717) is 18.2 Å². The summed E-state index contributed by atoms with van der Waals surface area (Å²) >= 11 is 0. The van der Waals surface area contributed by atoms with Gasteiger partial charge in [-0.15, -0.1) is 0 Å². The molecule has 6 nitrogen and oxygen atoms in total. The first kappa shape index (κ1) is 11.6. The Bertz CT molecular complexity index is 700. The van der Waals surface area contributed by atoms with Crippen molar-refractivity contribution >= 4 is 22.8 Å². The van der Waals surface area contributed by atoms with E-state index in [1.165, 1.54) is 0 Å². The fourth-order valence-electron chi connectivity index (χ4n) is 1.94. The van der Waals surface area contributed by atoms with Crippen molar-refractivity contribution in [1.82, 2.24) is 14.5 Å². The number of nitrogens with zero attached hydrogens (tertiary/aromatic N) is 3. The Balaban J connectivity index is 1.67. The number of fused-ring (bicyclic) bond motifs is 1. The van der Waals surface area contributed by atoms with Crippen LogP contribution in [0.3, 0.4) is 0 Å². The molecule has 0 bridgehead atoms. The summed E-state index contributed by atoms with van der Waals surface area (Å²) in [6.07, 6.45) is 4.53. The molecular formula is C13H15N5O. The number of benzene rings is 1. The Morgan fingerprint density at radius 1 is 1.42 bits per heavy atom. The number of nitrogen functional groups attached to an aromatic ring is 1. The van der Waals surface area contributed by atoms with Crippen LogP contribution >= 0.6 is 0 Å². The third-order valence-electron chi connectivity index (χ3n) is 2.96. The highest BCUT2D eigenvalue weighted by molar-refractivity contribution is 5.78. The number of nitrogens with one attached hydrogen (secondary N) is 1. The highest BCUT2D eigenvalue weighted by Crippen LogP contribution is 2.20. The largest absolute Gasteiger partial charge is 0.424 e. The molecule has 0 fully saturated rings. The van der Waals surface area contributed by atoms with Crippen LogP contribution in [0.5, 0.6) is 0 Å². The Labute approximate surface area is 110 Å². The molecule has 3 rings (SSSR count). The lowest BCUT2D eigenvalue weighted by molar-refractivity contribution is 0.613. The highest BCUT2D eigenvalue weighted by Gasteiger charge is 2.06. The van der Waals surface area contributed by atoms with Crippen LogP contribution in [0.25, 0.3) is 11.1 Å². The first-order valence-electron chi connectivity index (χ1n) is 6.08. The standard InChI is InChI=1S/C13H15N5O/c1-18-7-6-15-12(18)4-5-16-13-17-10-8-9(14)2-3-11(10)19-13/h2-3,6-8H,4-5,14H2,1H3,(H,16,17). The van der Waals surface area contributed by atoms with E-state index in [1.807, 2.05) is 23.9 Å². The minimum Gasteiger partial charge on any atom is -0.424 e. The van der Waals surface area contributed by atoms with Crippen molar-refractivity contribution in [2.45, 2.75) is 6.42 Å². The molecule has 1 aromatic carbocycles. The molecule has 0 aliphatic heterocycles. The fraction of sp³-hybridized carbons (Fsp3) is 0.231. The van der Waals surface area contributed by atoms with Crippen molar-refractivity contribution in [3.05, 3.63) is 36.4 Å². The molecule has 2 heterocycles. The van der Waals surface area contributed by atoms with Gasteiger partial charge in [0.05, 0.1) is 0 Å². The lowest BCUT2D eigenvalue weighted by Crippen LogP contribution is -2.08. The van der Waals surface area contributed by atoms with E-state index in [9.17, 15) is 0 Å². The molecule has 0 amide bonds. The number of aromatic nitrogens is 3. The van der Waals surface area contributed by atoms with Crippen LogP contribution < -0.4 is 11.1 Å². The maximum atomic E-state index is 5.70. The number of aryl methyl sites for hydroxylation is 1. The predicted molar refractivity (Wildman–Crippen MR) is 73.8 cm³/mol. The summed E-state index contributed by atoms with van der Waals surface area (Å²) in [5.41, 5.74) is 7.88. The normalized spacial score (nSPS) is 11.0. The first-order chi connectivity index (χ1) is 9.22. The highest BCUT2D eigenvalue weighted by atomic mass is 16.4. The summed E-state index contributed by atoms with van der Waals surface area (Å²) in [7, 11) is 1.98. The Morgan fingerprint density at radius 3 is 3.11 bits per heavy atom. The van der Waals surface area contributed by atoms with Crippen molar-refractivity contribution in [2.75, 3.05) is 17.6 Å². The lowest BCUT2D eigenvalue weighted by Gasteiger charge is -2.01. The second-order valence-corrected chi connectivity index (χ2v) is 4.38. The molecule has 6 heteroatoms. The zero-order valence-corrected chi connectivity index (χ0v) is 10.6. The Kier molecular flexibility index (Phi) is 2.83. The Morgan fingerprint density at radius 2 is 2.32 bits per heavy atom. The zero-order valence-electron chi connectivity index (χ0n) is 10.6. The smallest absolute Gasteiger partial charge is 0.295 e. The van der Waals surface area contributed by atoms with E-state index in [2.05, 4.69) is 15.3 Å². The molecule has 3 aromatic rings. The van der Waals surface area contributed by atoms with Gasteiger partial charge in [-0.1, -0.05) is 0 Å². The van der Waals surface area contributed by atoms with Crippen LogP contribution in [0.1, 0.15) is 5.82 Å². The van der Waals surface area contributed by atoms with Crippen molar-refractivity contribution in [3.8, 4) is 0 Å². The van der Waals surface area contributed by atoms with Gasteiger partial charge in [0.25, 0.3) is 6.01 Å². The van der Waals surface area contributed by atoms with Crippen molar-refractivity contribution in [3.63, 3.8) is 0 Å². The maximum Gasteiger partial charge on any atom is 0.295 e. The van der Waals surface area contributed by atoms with E-state index in [1.54, 1.807) is 18.3 Å². The zero-order chi connectivity index (χ0) is 13.2. The van der Waals surface area contributed by atoms with Crippen molar-refractivity contribution < 1.29 is 4.42 Å². The summed E-state index contributed by atoms with van der Waals surface area (Å²) in [4.78, 5) is 8.59. The number of hydrogen-bond donors (Lipinski definition) is 2. The van der Waals surface area contributed by atoms with Gasteiger partial charge in [-0.2, -0.15) is 4.98 Å². The van der Waals surface area contributed by atoms with Gasteiger partial charge in [-0.3, -0.25) is 0 Å². The van der Waals surface area contributed by atoms with Gasteiger partial charge in [-0.05, 0) is 18.2 Å². The third-order valence-corrected chi connectivity index (χ3v) is 2.96. The number of hydrogen-bond acceptors (Lipinski definition) is 5. The maximum absolute atomic E-state index is 5.70. The van der Waals surface area contributed by atoms with Crippen LogP contribution in [0.15, 0.2) is 35.0 Å². The second-order valence-electron chi connectivity index (χ2n) is 4.38. The van der Waals surface area contributed by atoms with Gasteiger partial charge in [-0.25, -0.2) is 4.98 Å². The van der Waals surface area contributed by atoms with Gasteiger partial charge >= 0.3 is 0 Å². The fourth-order valence-corrected chi connectivity index (χ4v) is 1.94. The summed E-state index contributed by atoms with van der Waals surface area (Å²) in [5.74, 6) is 1.02. The van der Waals surface area contributed by atoms with Gasteiger partial charge < -0.3 is 20.0 Å². The minimum absolute atomic E-state index is 0.509. The molecule has 2 aromatic heterocycles. The van der Waals surface area contributed by atoms with E-state index >= 15 is 0 Å². The van der Waals surface area contributed by atoms with Crippen LogP contribution in [-0.2, 0) is 13.5 Å².